The summed E-state index contributed by atoms with van der Waals surface area (Å²) in [7, 11) is 0. The number of anilines is 1. The lowest BCUT2D eigenvalue weighted by atomic mass is 10.1. The van der Waals surface area contributed by atoms with Crippen molar-refractivity contribution in [2.45, 2.75) is 45.7 Å². The van der Waals surface area contributed by atoms with Gasteiger partial charge in [0.2, 0.25) is 5.91 Å². The second-order valence-corrected chi connectivity index (χ2v) is 6.59. The maximum atomic E-state index is 12.3. The van der Waals surface area contributed by atoms with Crippen LogP contribution < -0.4 is 5.73 Å². The van der Waals surface area contributed by atoms with Crippen molar-refractivity contribution in [1.29, 1.82) is 0 Å². The minimum Gasteiger partial charge on any atom is -0.375 e. The number of nitrogens with two attached hydrogens (primary N) is 1. The topological polar surface area (TPSA) is 62.5 Å². The Hall–Kier alpha value is -1.14. The molecule has 1 aromatic heterocycles. The minimum absolute atomic E-state index is 0.229. The fourth-order valence-electron chi connectivity index (χ4n) is 2.80. The number of carbonyl (C=O) groups is 1. The smallest absolute Gasteiger partial charge is 0.223 e. The number of piperazine rings is 1. The Morgan fingerprint density at radius 2 is 2.30 bits per heavy atom. The van der Waals surface area contributed by atoms with E-state index in [9.17, 15) is 4.79 Å². The quantitative estimate of drug-likeness (QED) is 0.916. The molecule has 2 rings (SSSR count). The number of aryl methyl sites for hydroxylation is 1. The monoisotopic (exact) mass is 296 g/mol. The van der Waals surface area contributed by atoms with Crippen LogP contribution in [0.15, 0.2) is 5.38 Å². The zero-order chi connectivity index (χ0) is 14.7. The van der Waals surface area contributed by atoms with E-state index in [4.69, 9.17) is 5.73 Å². The third-order valence-corrected chi connectivity index (χ3v) is 4.58. The van der Waals surface area contributed by atoms with Crippen LogP contribution in [0.1, 0.15) is 32.9 Å². The Morgan fingerprint density at radius 1 is 1.55 bits per heavy atom. The van der Waals surface area contributed by atoms with Gasteiger partial charge in [-0.2, -0.15) is 0 Å². The highest BCUT2D eigenvalue weighted by molar-refractivity contribution is 7.13. The molecular formula is C14H24N4OS. The molecule has 1 atom stereocenters. The van der Waals surface area contributed by atoms with Crippen molar-refractivity contribution in [3.63, 3.8) is 0 Å². The number of aromatic nitrogens is 1. The maximum Gasteiger partial charge on any atom is 0.223 e. The van der Waals surface area contributed by atoms with Gasteiger partial charge in [0.05, 0.1) is 5.69 Å². The highest BCUT2D eigenvalue weighted by Gasteiger charge is 2.27. The van der Waals surface area contributed by atoms with Gasteiger partial charge in [-0.25, -0.2) is 4.98 Å². The predicted octanol–water partition coefficient (Wildman–Crippen LogP) is 1.60. The summed E-state index contributed by atoms with van der Waals surface area (Å²) < 4.78 is 0. The highest BCUT2D eigenvalue weighted by atomic mass is 32.1. The van der Waals surface area contributed by atoms with Crippen LogP contribution in [0, 0.1) is 0 Å². The Kier molecular flexibility index (Phi) is 4.99. The van der Waals surface area contributed by atoms with E-state index in [1.54, 1.807) is 0 Å². The van der Waals surface area contributed by atoms with Crippen molar-refractivity contribution >= 4 is 22.4 Å². The van der Waals surface area contributed by atoms with Gasteiger partial charge in [-0.1, -0.05) is 0 Å². The van der Waals surface area contributed by atoms with Gasteiger partial charge in [0.25, 0.3) is 0 Å². The molecule has 0 aliphatic carbocycles. The molecule has 1 aliphatic rings. The van der Waals surface area contributed by atoms with Crippen LogP contribution in [0.5, 0.6) is 0 Å². The number of nitrogens with zero attached hydrogens (tertiary/aromatic N) is 3. The van der Waals surface area contributed by atoms with Gasteiger partial charge in [0.1, 0.15) is 0 Å². The Morgan fingerprint density at radius 3 is 2.85 bits per heavy atom. The fourth-order valence-corrected chi connectivity index (χ4v) is 3.39. The molecule has 1 aromatic rings. The molecule has 0 spiro atoms. The number of rotatable bonds is 4. The van der Waals surface area contributed by atoms with Crippen molar-refractivity contribution in [2.75, 3.05) is 25.4 Å². The summed E-state index contributed by atoms with van der Waals surface area (Å²) in [6.07, 6.45) is 1.21. The van der Waals surface area contributed by atoms with Gasteiger partial charge in [0, 0.05) is 43.5 Å². The lowest BCUT2D eigenvalue weighted by molar-refractivity contribution is -0.134. The summed E-state index contributed by atoms with van der Waals surface area (Å²) in [6.45, 7) is 9.24. The molecule has 2 heterocycles. The van der Waals surface area contributed by atoms with Crippen LogP contribution >= 0.6 is 11.3 Å². The third kappa shape index (κ3) is 3.70. The summed E-state index contributed by atoms with van der Waals surface area (Å²) in [5, 5.41) is 2.51. The zero-order valence-corrected chi connectivity index (χ0v) is 13.3. The summed E-state index contributed by atoms with van der Waals surface area (Å²) in [6, 6.07) is 0.975. The molecule has 0 saturated carbocycles. The van der Waals surface area contributed by atoms with Gasteiger partial charge >= 0.3 is 0 Å². The van der Waals surface area contributed by atoms with E-state index in [1.807, 2.05) is 10.3 Å². The molecule has 0 unspecified atom stereocenters. The van der Waals surface area contributed by atoms with Crippen molar-refractivity contribution in [2.24, 2.45) is 0 Å². The van der Waals surface area contributed by atoms with E-state index in [0.717, 1.165) is 25.3 Å². The number of hydrogen-bond acceptors (Lipinski definition) is 5. The van der Waals surface area contributed by atoms with Gasteiger partial charge in [0.15, 0.2) is 5.13 Å². The van der Waals surface area contributed by atoms with Crippen LogP contribution in [-0.2, 0) is 11.2 Å². The maximum absolute atomic E-state index is 12.3. The summed E-state index contributed by atoms with van der Waals surface area (Å²) in [5.41, 5.74) is 6.52. The molecule has 0 bridgehead atoms. The number of nitrogen functional groups attached to an aromatic ring is 1. The second kappa shape index (κ2) is 6.54. The first-order valence-electron chi connectivity index (χ1n) is 7.20. The zero-order valence-electron chi connectivity index (χ0n) is 12.5. The van der Waals surface area contributed by atoms with E-state index >= 15 is 0 Å². The molecule has 1 saturated heterocycles. The minimum atomic E-state index is 0.229. The number of carbonyl (C=O) groups excluding carboxylic acids is 1. The lowest BCUT2D eigenvalue weighted by Gasteiger charge is -2.42. The normalized spacial score (nSPS) is 20.6. The standard InChI is InChI=1S/C14H24N4OS/c1-10(2)18-7-6-17(8-11(18)3)13(19)5-4-12-9-20-14(15)16-12/h9-11H,4-8H2,1-3H3,(H2,15,16)/t11-/m0/s1. The molecule has 1 fully saturated rings. The Bertz CT molecular complexity index is 460. The van der Waals surface area contributed by atoms with Crippen LogP contribution in [-0.4, -0.2) is 52.4 Å². The summed E-state index contributed by atoms with van der Waals surface area (Å²) >= 11 is 1.43. The SMILES string of the molecule is CC(C)N1CCN(C(=O)CCc2csc(N)n2)C[C@@H]1C. The molecule has 1 aliphatic heterocycles. The molecule has 20 heavy (non-hydrogen) atoms. The van der Waals surface area contributed by atoms with E-state index in [0.29, 0.717) is 30.1 Å². The van der Waals surface area contributed by atoms with E-state index < -0.39 is 0 Å². The number of amides is 1. The van der Waals surface area contributed by atoms with Crippen LogP contribution in [0.25, 0.3) is 0 Å². The molecular weight excluding hydrogens is 272 g/mol. The van der Waals surface area contributed by atoms with Crippen molar-refractivity contribution in [3.8, 4) is 0 Å². The van der Waals surface area contributed by atoms with Crippen molar-refractivity contribution < 1.29 is 4.79 Å². The highest BCUT2D eigenvalue weighted by Crippen LogP contribution is 2.16. The van der Waals surface area contributed by atoms with E-state index in [2.05, 4.69) is 30.7 Å². The lowest BCUT2D eigenvalue weighted by Crippen LogP contribution is -2.55. The largest absolute Gasteiger partial charge is 0.375 e. The first-order valence-corrected chi connectivity index (χ1v) is 8.08. The van der Waals surface area contributed by atoms with Gasteiger partial charge < -0.3 is 10.6 Å². The summed E-state index contributed by atoms with van der Waals surface area (Å²) in [4.78, 5) is 20.9. The van der Waals surface area contributed by atoms with E-state index in [1.165, 1.54) is 11.3 Å². The second-order valence-electron chi connectivity index (χ2n) is 5.70. The van der Waals surface area contributed by atoms with E-state index in [-0.39, 0.29) is 5.91 Å². The van der Waals surface area contributed by atoms with Gasteiger partial charge in [-0.05, 0) is 27.2 Å². The Balaban J connectivity index is 1.82. The average Bonchev–Trinajstić information content (AvgIpc) is 2.81. The molecule has 1 amide bonds. The fraction of sp³-hybridized carbons (Fsp3) is 0.714. The Labute approximate surface area is 124 Å². The van der Waals surface area contributed by atoms with Crippen molar-refractivity contribution in [1.82, 2.24) is 14.8 Å². The molecule has 0 aromatic carbocycles. The van der Waals surface area contributed by atoms with Crippen LogP contribution in [0.4, 0.5) is 5.13 Å². The van der Waals surface area contributed by atoms with Gasteiger partial charge in [-0.15, -0.1) is 11.3 Å². The average molecular weight is 296 g/mol. The molecule has 112 valence electrons. The van der Waals surface area contributed by atoms with Crippen molar-refractivity contribution in [3.05, 3.63) is 11.1 Å². The first-order chi connectivity index (χ1) is 9.47. The van der Waals surface area contributed by atoms with Crippen LogP contribution in [0.3, 0.4) is 0 Å². The first kappa shape index (κ1) is 15.3. The predicted molar refractivity (Wildman–Crippen MR) is 82.7 cm³/mol. The molecule has 5 nitrogen and oxygen atoms in total. The molecule has 6 heteroatoms. The molecule has 2 N–H and O–H groups in total. The third-order valence-electron chi connectivity index (χ3n) is 3.86. The molecule has 0 radical (unpaired) electrons. The number of thiazole rings is 1. The summed E-state index contributed by atoms with van der Waals surface area (Å²) in [5.74, 6) is 0.229. The number of hydrogen-bond donors (Lipinski definition) is 1. The van der Waals surface area contributed by atoms with Crippen LogP contribution in [0.2, 0.25) is 0 Å². The van der Waals surface area contributed by atoms with Gasteiger partial charge in [-0.3, -0.25) is 9.69 Å².